The van der Waals surface area contributed by atoms with E-state index in [4.69, 9.17) is 9.47 Å². The molecule has 3 atom stereocenters. The van der Waals surface area contributed by atoms with Crippen molar-refractivity contribution in [3.63, 3.8) is 0 Å². The summed E-state index contributed by atoms with van der Waals surface area (Å²) >= 11 is 2.03. The van der Waals surface area contributed by atoms with Gasteiger partial charge in [0.2, 0.25) is 0 Å². The molecule has 4 heteroatoms. The van der Waals surface area contributed by atoms with Crippen molar-refractivity contribution in [2.45, 2.75) is 56.3 Å². The van der Waals surface area contributed by atoms with Crippen LogP contribution < -0.4 is 5.32 Å². The van der Waals surface area contributed by atoms with E-state index in [0.717, 1.165) is 26.1 Å². The zero-order chi connectivity index (χ0) is 12.3. The summed E-state index contributed by atoms with van der Waals surface area (Å²) in [6, 6.07) is 0.593. The molecule has 3 heterocycles. The van der Waals surface area contributed by atoms with Gasteiger partial charge in [-0.1, -0.05) is 6.42 Å². The highest BCUT2D eigenvalue weighted by molar-refractivity contribution is 7.99. The lowest BCUT2D eigenvalue weighted by Crippen LogP contribution is -2.45. The first-order valence-corrected chi connectivity index (χ1v) is 8.59. The molecule has 3 aliphatic heterocycles. The third kappa shape index (κ3) is 3.21. The second-order valence-corrected chi connectivity index (χ2v) is 7.03. The lowest BCUT2D eigenvalue weighted by Gasteiger charge is -2.38. The Balaban J connectivity index is 1.44. The largest absolute Gasteiger partial charge is 0.376 e. The highest BCUT2D eigenvalue weighted by Crippen LogP contribution is 2.39. The smallest absolute Gasteiger partial charge is 0.0805 e. The second-order valence-electron chi connectivity index (χ2n) is 5.93. The topological polar surface area (TPSA) is 30.5 Å². The fraction of sp³-hybridized carbons (Fsp3) is 1.00. The van der Waals surface area contributed by atoms with Crippen LogP contribution in [0.1, 0.15) is 38.5 Å². The van der Waals surface area contributed by atoms with Crippen molar-refractivity contribution in [2.24, 2.45) is 0 Å². The molecule has 3 saturated heterocycles. The van der Waals surface area contributed by atoms with Crippen molar-refractivity contribution in [1.29, 1.82) is 0 Å². The summed E-state index contributed by atoms with van der Waals surface area (Å²) < 4.78 is 12.2. The molecule has 1 spiro atoms. The molecular formula is C14H25NO2S. The number of piperidine rings is 1. The van der Waals surface area contributed by atoms with E-state index < -0.39 is 0 Å². The number of thioether (sulfide) groups is 1. The average molecular weight is 271 g/mol. The Hall–Kier alpha value is 0.230. The van der Waals surface area contributed by atoms with Gasteiger partial charge in [-0.15, -0.1) is 0 Å². The van der Waals surface area contributed by atoms with Crippen LogP contribution in [0.3, 0.4) is 0 Å². The molecule has 1 N–H and O–H groups in total. The van der Waals surface area contributed by atoms with Gasteiger partial charge in [0.15, 0.2) is 0 Å². The maximum Gasteiger partial charge on any atom is 0.0805 e. The van der Waals surface area contributed by atoms with Gasteiger partial charge in [-0.3, -0.25) is 0 Å². The fourth-order valence-electron chi connectivity index (χ4n) is 3.31. The molecular weight excluding hydrogens is 246 g/mol. The van der Waals surface area contributed by atoms with Gasteiger partial charge in [-0.25, -0.2) is 0 Å². The Morgan fingerprint density at radius 1 is 1.33 bits per heavy atom. The maximum absolute atomic E-state index is 6.16. The highest BCUT2D eigenvalue weighted by Gasteiger charge is 2.40. The highest BCUT2D eigenvalue weighted by atomic mass is 32.2. The lowest BCUT2D eigenvalue weighted by molar-refractivity contribution is -0.123. The Morgan fingerprint density at radius 2 is 2.33 bits per heavy atom. The first kappa shape index (κ1) is 13.2. The predicted octanol–water partition coefficient (Wildman–Crippen LogP) is 2.20. The summed E-state index contributed by atoms with van der Waals surface area (Å²) in [4.78, 5) is 0. The minimum absolute atomic E-state index is 0.160. The SMILES string of the molecule is C1CCC(COC2CCOC3(CCSC3)C2)NC1. The third-order valence-electron chi connectivity index (χ3n) is 4.46. The van der Waals surface area contributed by atoms with Crippen LogP contribution in [0.15, 0.2) is 0 Å². The van der Waals surface area contributed by atoms with E-state index in [0.29, 0.717) is 12.1 Å². The van der Waals surface area contributed by atoms with E-state index in [-0.39, 0.29) is 5.60 Å². The van der Waals surface area contributed by atoms with Crippen molar-refractivity contribution < 1.29 is 9.47 Å². The molecule has 3 nitrogen and oxygen atoms in total. The van der Waals surface area contributed by atoms with E-state index >= 15 is 0 Å². The quantitative estimate of drug-likeness (QED) is 0.852. The van der Waals surface area contributed by atoms with Crippen LogP contribution in [0.25, 0.3) is 0 Å². The molecule has 0 aliphatic carbocycles. The Labute approximate surface area is 114 Å². The summed E-state index contributed by atoms with van der Waals surface area (Å²) in [6.07, 6.45) is 7.82. The van der Waals surface area contributed by atoms with Gasteiger partial charge in [0.1, 0.15) is 0 Å². The minimum atomic E-state index is 0.160. The molecule has 0 bridgehead atoms. The Kier molecular flexibility index (Phi) is 4.50. The van der Waals surface area contributed by atoms with Crippen molar-refractivity contribution >= 4 is 11.8 Å². The molecule has 3 aliphatic rings. The monoisotopic (exact) mass is 271 g/mol. The van der Waals surface area contributed by atoms with Gasteiger partial charge in [-0.05, 0) is 38.0 Å². The summed E-state index contributed by atoms with van der Waals surface area (Å²) in [5, 5.41) is 3.56. The summed E-state index contributed by atoms with van der Waals surface area (Å²) in [6.45, 7) is 2.96. The van der Waals surface area contributed by atoms with Gasteiger partial charge >= 0.3 is 0 Å². The van der Waals surface area contributed by atoms with Crippen molar-refractivity contribution in [3.05, 3.63) is 0 Å². The summed E-state index contributed by atoms with van der Waals surface area (Å²) in [5.74, 6) is 2.44. The minimum Gasteiger partial charge on any atom is -0.376 e. The summed E-state index contributed by atoms with van der Waals surface area (Å²) in [7, 11) is 0. The van der Waals surface area contributed by atoms with Crippen LogP contribution in [0.2, 0.25) is 0 Å². The molecule has 0 aromatic rings. The molecule has 0 aromatic carbocycles. The van der Waals surface area contributed by atoms with Crippen LogP contribution in [0, 0.1) is 0 Å². The van der Waals surface area contributed by atoms with E-state index in [1.165, 1.54) is 43.7 Å². The van der Waals surface area contributed by atoms with Crippen molar-refractivity contribution in [2.75, 3.05) is 31.3 Å². The summed E-state index contributed by atoms with van der Waals surface area (Å²) in [5.41, 5.74) is 0.160. The second kappa shape index (κ2) is 6.12. The number of hydrogen-bond donors (Lipinski definition) is 1. The molecule has 3 rings (SSSR count). The molecule has 3 fully saturated rings. The molecule has 104 valence electrons. The molecule has 0 aromatic heterocycles. The van der Waals surface area contributed by atoms with Crippen LogP contribution in [-0.4, -0.2) is 49.0 Å². The van der Waals surface area contributed by atoms with Gasteiger partial charge < -0.3 is 14.8 Å². The predicted molar refractivity (Wildman–Crippen MR) is 75.2 cm³/mol. The normalized spacial score (nSPS) is 41.3. The number of nitrogens with one attached hydrogen (secondary N) is 1. The van der Waals surface area contributed by atoms with Gasteiger partial charge in [0.05, 0.1) is 18.3 Å². The molecule has 0 saturated carbocycles. The standard InChI is InChI=1S/C14H25NO2S/c1-2-6-15-12(3-1)10-16-13-4-7-17-14(9-13)5-8-18-11-14/h12-13,15H,1-11H2. The van der Waals surface area contributed by atoms with Gasteiger partial charge in [-0.2, -0.15) is 11.8 Å². The molecule has 0 amide bonds. The Morgan fingerprint density at radius 3 is 3.11 bits per heavy atom. The van der Waals surface area contributed by atoms with Crippen LogP contribution >= 0.6 is 11.8 Å². The van der Waals surface area contributed by atoms with E-state index in [1.807, 2.05) is 11.8 Å². The fourth-order valence-corrected chi connectivity index (χ4v) is 4.69. The van der Waals surface area contributed by atoms with Gasteiger partial charge in [0.25, 0.3) is 0 Å². The van der Waals surface area contributed by atoms with Gasteiger partial charge in [0, 0.05) is 24.8 Å². The van der Waals surface area contributed by atoms with Crippen molar-refractivity contribution in [1.82, 2.24) is 5.32 Å². The number of hydrogen-bond acceptors (Lipinski definition) is 4. The average Bonchev–Trinajstić information content (AvgIpc) is 2.86. The first-order chi connectivity index (χ1) is 8.86. The Bertz CT molecular complexity index is 263. The van der Waals surface area contributed by atoms with E-state index in [9.17, 15) is 0 Å². The van der Waals surface area contributed by atoms with Crippen LogP contribution in [-0.2, 0) is 9.47 Å². The first-order valence-electron chi connectivity index (χ1n) is 7.43. The van der Waals surface area contributed by atoms with Crippen LogP contribution in [0.4, 0.5) is 0 Å². The molecule has 3 unspecified atom stereocenters. The molecule has 0 radical (unpaired) electrons. The number of ether oxygens (including phenoxy) is 2. The van der Waals surface area contributed by atoms with E-state index in [1.54, 1.807) is 0 Å². The number of rotatable bonds is 3. The lowest BCUT2D eigenvalue weighted by atomic mass is 9.91. The molecule has 18 heavy (non-hydrogen) atoms. The zero-order valence-corrected chi connectivity index (χ0v) is 12.0. The third-order valence-corrected chi connectivity index (χ3v) is 5.68. The van der Waals surface area contributed by atoms with E-state index in [2.05, 4.69) is 5.32 Å². The van der Waals surface area contributed by atoms with Crippen LogP contribution in [0.5, 0.6) is 0 Å². The maximum atomic E-state index is 6.16. The van der Waals surface area contributed by atoms with Crippen molar-refractivity contribution in [3.8, 4) is 0 Å². The zero-order valence-electron chi connectivity index (χ0n) is 11.2.